The first-order chi connectivity index (χ1) is 6.13. The smallest absolute Gasteiger partial charge is 0.387 e. The largest absolute Gasteiger partial charge is 0.434 e. The molecule has 71 valence electrons. The zero-order valence-corrected chi connectivity index (χ0v) is 6.77. The number of benzene rings is 1. The van der Waals surface area contributed by atoms with E-state index in [1.54, 1.807) is 0 Å². The molecule has 1 aromatic carbocycles. The highest BCUT2D eigenvalue weighted by atomic mass is 19.3. The third-order valence-corrected chi connectivity index (χ3v) is 1.51. The highest BCUT2D eigenvalue weighted by Gasteiger charge is 2.09. The van der Waals surface area contributed by atoms with Crippen LogP contribution < -0.4 is 4.74 Å². The lowest BCUT2D eigenvalue weighted by molar-refractivity contribution is -0.0505. The monoisotopic (exact) mass is 189 g/mol. The summed E-state index contributed by atoms with van der Waals surface area (Å²) in [6.45, 7) is 0.568. The third kappa shape index (κ3) is 2.65. The van der Waals surface area contributed by atoms with Crippen LogP contribution in [0.1, 0.15) is 5.56 Å². The first-order valence-electron chi connectivity index (χ1n) is 3.66. The molecule has 4 heteroatoms. The summed E-state index contributed by atoms with van der Waals surface area (Å²) in [5.41, 5.74) is 0.460. The van der Waals surface area contributed by atoms with E-state index in [0.29, 0.717) is 5.56 Å². The van der Waals surface area contributed by atoms with Gasteiger partial charge in [0.1, 0.15) is 11.6 Å². The maximum Gasteiger partial charge on any atom is 0.387 e. The van der Waals surface area contributed by atoms with Gasteiger partial charge in [-0.15, -0.1) is 0 Å². The van der Waals surface area contributed by atoms with Crippen LogP contribution in [0.4, 0.5) is 13.2 Å². The molecule has 0 aliphatic heterocycles. The number of hydrogen-bond donors (Lipinski definition) is 0. The molecule has 1 rings (SSSR count). The molecule has 0 heterocycles. The minimum absolute atomic E-state index is 0.148. The lowest BCUT2D eigenvalue weighted by Gasteiger charge is -2.08. The van der Waals surface area contributed by atoms with Gasteiger partial charge in [-0.25, -0.2) is 4.39 Å². The third-order valence-electron chi connectivity index (χ3n) is 1.51. The average molecular weight is 189 g/mol. The van der Waals surface area contributed by atoms with Crippen LogP contribution in [0, 0.1) is 12.7 Å². The van der Waals surface area contributed by atoms with Crippen molar-refractivity contribution in [3.8, 4) is 5.75 Å². The van der Waals surface area contributed by atoms with E-state index in [0.717, 1.165) is 6.07 Å². The quantitative estimate of drug-likeness (QED) is 0.710. The zero-order valence-electron chi connectivity index (χ0n) is 6.77. The molecule has 0 fully saturated rings. The molecule has 13 heavy (non-hydrogen) atoms. The fraction of sp³-hybridized carbons (Fsp3) is 0.222. The van der Waals surface area contributed by atoms with Gasteiger partial charge < -0.3 is 4.74 Å². The number of alkyl halides is 2. The summed E-state index contributed by atoms with van der Waals surface area (Å²) in [5, 5.41) is 0. The molecule has 1 radical (unpaired) electrons. The van der Waals surface area contributed by atoms with Gasteiger partial charge in [0.2, 0.25) is 0 Å². The Balaban J connectivity index is 2.94. The predicted octanol–water partition coefficient (Wildman–Crippen LogP) is 2.80. The Bertz CT molecular complexity index is 286. The molecule has 0 aromatic heterocycles. The molecule has 0 bridgehead atoms. The van der Waals surface area contributed by atoms with Crippen LogP contribution in [0.3, 0.4) is 0 Å². The standard InChI is InChI=1S/C9H8F3O/c1-2-6-3-4-7(10)5-8(6)13-9(11)12/h3-5,9H,1-2H2. The van der Waals surface area contributed by atoms with Crippen molar-refractivity contribution >= 4 is 0 Å². The first-order valence-corrected chi connectivity index (χ1v) is 3.66. The highest BCUT2D eigenvalue weighted by Crippen LogP contribution is 2.22. The summed E-state index contributed by atoms with van der Waals surface area (Å²) in [6.07, 6.45) is 0.280. The van der Waals surface area contributed by atoms with Crippen LogP contribution in [-0.2, 0) is 6.42 Å². The molecule has 0 amide bonds. The van der Waals surface area contributed by atoms with Crippen molar-refractivity contribution in [1.82, 2.24) is 0 Å². The maximum absolute atomic E-state index is 12.6. The van der Waals surface area contributed by atoms with Crippen molar-refractivity contribution in [2.75, 3.05) is 0 Å². The van der Waals surface area contributed by atoms with Gasteiger partial charge in [-0.2, -0.15) is 8.78 Å². The summed E-state index contributed by atoms with van der Waals surface area (Å²) in [4.78, 5) is 0. The molecule has 1 aromatic rings. The van der Waals surface area contributed by atoms with Crippen molar-refractivity contribution < 1.29 is 17.9 Å². The predicted molar refractivity (Wildman–Crippen MR) is 42.1 cm³/mol. The summed E-state index contributed by atoms with van der Waals surface area (Å²) >= 11 is 0. The molecular weight excluding hydrogens is 181 g/mol. The summed E-state index contributed by atoms with van der Waals surface area (Å²) in [6, 6.07) is 3.48. The van der Waals surface area contributed by atoms with Gasteiger partial charge in [0.25, 0.3) is 0 Å². The van der Waals surface area contributed by atoms with Crippen LogP contribution in [-0.4, -0.2) is 6.61 Å². The van der Waals surface area contributed by atoms with Crippen LogP contribution in [0.25, 0.3) is 0 Å². The van der Waals surface area contributed by atoms with Crippen LogP contribution >= 0.6 is 0 Å². The molecule has 0 saturated carbocycles. The van der Waals surface area contributed by atoms with Gasteiger partial charge in [-0.3, -0.25) is 0 Å². The molecule has 0 saturated heterocycles. The van der Waals surface area contributed by atoms with Crippen molar-refractivity contribution in [2.45, 2.75) is 13.0 Å². The number of rotatable bonds is 3. The zero-order chi connectivity index (χ0) is 9.84. The normalized spacial score (nSPS) is 10.5. The Labute approximate surface area is 74.1 Å². The Morgan fingerprint density at radius 2 is 2.08 bits per heavy atom. The van der Waals surface area contributed by atoms with E-state index in [9.17, 15) is 13.2 Å². The van der Waals surface area contributed by atoms with E-state index in [1.807, 2.05) is 0 Å². The fourth-order valence-corrected chi connectivity index (χ4v) is 0.941. The molecule has 1 nitrogen and oxygen atoms in total. The minimum atomic E-state index is -2.94. The van der Waals surface area contributed by atoms with Crippen LogP contribution in [0.15, 0.2) is 18.2 Å². The second-order valence-corrected chi connectivity index (χ2v) is 2.38. The van der Waals surface area contributed by atoms with E-state index in [-0.39, 0.29) is 12.2 Å². The summed E-state index contributed by atoms with van der Waals surface area (Å²) in [5.74, 6) is -0.752. The SMILES string of the molecule is [CH2]Cc1ccc(F)cc1OC(F)F. The number of ether oxygens (including phenoxy) is 1. The second-order valence-electron chi connectivity index (χ2n) is 2.38. The lowest BCUT2D eigenvalue weighted by atomic mass is 10.1. The van der Waals surface area contributed by atoms with Crippen molar-refractivity contribution in [2.24, 2.45) is 0 Å². The number of halogens is 3. The Morgan fingerprint density at radius 1 is 1.38 bits per heavy atom. The van der Waals surface area contributed by atoms with Crippen molar-refractivity contribution in [3.63, 3.8) is 0 Å². The Hall–Kier alpha value is -1.19. The van der Waals surface area contributed by atoms with Gasteiger partial charge in [-0.1, -0.05) is 6.07 Å². The molecular formula is C9H8F3O. The van der Waals surface area contributed by atoms with Gasteiger partial charge in [0.05, 0.1) is 0 Å². The lowest BCUT2D eigenvalue weighted by Crippen LogP contribution is -2.04. The Kier molecular flexibility index (Phi) is 3.17. The van der Waals surface area contributed by atoms with Gasteiger partial charge in [0, 0.05) is 6.07 Å². The molecule has 0 unspecified atom stereocenters. The van der Waals surface area contributed by atoms with E-state index >= 15 is 0 Å². The van der Waals surface area contributed by atoms with Crippen molar-refractivity contribution in [1.29, 1.82) is 0 Å². The van der Waals surface area contributed by atoms with Gasteiger partial charge in [0.15, 0.2) is 0 Å². The minimum Gasteiger partial charge on any atom is -0.434 e. The van der Waals surface area contributed by atoms with Crippen molar-refractivity contribution in [3.05, 3.63) is 36.5 Å². The van der Waals surface area contributed by atoms with E-state index in [4.69, 9.17) is 0 Å². The van der Waals surface area contributed by atoms with E-state index < -0.39 is 12.4 Å². The number of hydrogen-bond acceptors (Lipinski definition) is 1. The fourth-order valence-electron chi connectivity index (χ4n) is 0.941. The summed E-state index contributed by atoms with van der Waals surface area (Å²) in [7, 11) is 0. The van der Waals surface area contributed by atoms with Crippen LogP contribution in [0.5, 0.6) is 5.75 Å². The maximum atomic E-state index is 12.6. The highest BCUT2D eigenvalue weighted by molar-refractivity contribution is 5.34. The Morgan fingerprint density at radius 3 is 2.62 bits per heavy atom. The van der Waals surface area contributed by atoms with Crippen LogP contribution in [0.2, 0.25) is 0 Å². The second kappa shape index (κ2) is 4.16. The average Bonchev–Trinajstić information content (AvgIpc) is 2.03. The summed E-state index contributed by atoms with van der Waals surface area (Å²) < 4.78 is 40.3. The van der Waals surface area contributed by atoms with E-state index in [1.165, 1.54) is 12.1 Å². The van der Waals surface area contributed by atoms with Gasteiger partial charge >= 0.3 is 6.61 Å². The van der Waals surface area contributed by atoms with Gasteiger partial charge in [-0.05, 0) is 25.0 Å². The van der Waals surface area contributed by atoms with E-state index in [2.05, 4.69) is 11.7 Å². The molecule has 0 atom stereocenters. The molecule has 0 spiro atoms. The first kappa shape index (κ1) is 9.89. The topological polar surface area (TPSA) is 9.23 Å². The molecule has 0 aliphatic rings. The molecule has 0 N–H and O–H groups in total. The molecule has 0 aliphatic carbocycles.